The van der Waals surface area contributed by atoms with Crippen LogP contribution < -0.4 is 0 Å². The quantitative estimate of drug-likeness (QED) is 0.693. The fraction of sp³-hybridized carbons (Fsp3) is 0.667. The molecule has 1 aliphatic rings. The topological polar surface area (TPSA) is 80.7 Å². The van der Waals surface area contributed by atoms with Gasteiger partial charge in [-0.2, -0.15) is 0 Å². The number of methoxy groups -OCH3 is 1. The van der Waals surface area contributed by atoms with Gasteiger partial charge < -0.3 is 9.84 Å². The Balaban J connectivity index is 2.74. The lowest BCUT2D eigenvalue weighted by molar-refractivity contribution is -0.136. The first kappa shape index (κ1) is 12.2. The molecule has 86 valence electrons. The highest BCUT2D eigenvalue weighted by atomic mass is 32.2. The van der Waals surface area contributed by atoms with Crippen molar-refractivity contribution in [2.75, 3.05) is 13.7 Å². The normalized spacial score (nSPS) is 23.6. The number of rotatable bonds is 4. The number of sulfone groups is 1. The van der Waals surface area contributed by atoms with Crippen LogP contribution in [0, 0.1) is 0 Å². The van der Waals surface area contributed by atoms with Crippen molar-refractivity contribution in [1.82, 2.24) is 0 Å². The van der Waals surface area contributed by atoms with Gasteiger partial charge in [-0.1, -0.05) is 0 Å². The minimum Gasteiger partial charge on any atom is -0.466 e. The molecule has 1 unspecified atom stereocenters. The van der Waals surface area contributed by atoms with Crippen LogP contribution in [-0.2, 0) is 19.4 Å². The Morgan fingerprint density at radius 3 is 2.87 bits per heavy atom. The molecular weight excluding hydrogens is 220 g/mol. The molecule has 0 fully saturated rings. The zero-order valence-corrected chi connectivity index (χ0v) is 9.29. The smallest absolute Gasteiger partial charge is 0.334 e. The lowest BCUT2D eigenvalue weighted by atomic mass is 10.1. The highest BCUT2D eigenvalue weighted by Gasteiger charge is 2.34. The van der Waals surface area contributed by atoms with Gasteiger partial charge in [0.05, 0.1) is 12.4 Å². The maximum Gasteiger partial charge on any atom is 0.334 e. The zero-order valence-electron chi connectivity index (χ0n) is 8.47. The predicted molar refractivity (Wildman–Crippen MR) is 53.7 cm³/mol. The molecule has 0 spiro atoms. The van der Waals surface area contributed by atoms with Crippen LogP contribution in [0.2, 0.25) is 0 Å². The van der Waals surface area contributed by atoms with Crippen molar-refractivity contribution < 1.29 is 23.1 Å². The molecule has 15 heavy (non-hydrogen) atoms. The van der Waals surface area contributed by atoms with E-state index in [4.69, 9.17) is 5.11 Å². The van der Waals surface area contributed by atoms with Gasteiger partial charge >= 0.3 is 5.97 Å². The van der Waals surface area contributed by atoms with Crippen molar-refractivity contribution >= 4 is 15.8 Å². The first-order chi connectivity index (χ1) is 7.01. The van der Waals surface area contributed by atoms with Crippen molar-refractivity contribution in [3.63, 3.8) is 0 Å². The molecule has 6 heteroatoms. The third kappa shape index (κ3) is 2.79. The molecule has 0 aromatic rings. The molecule has 1 atom stereocenters. The molecule has 0 bridgehead atoms. The van der Waals surface area contributed by atoms with Gasteiger partial charge in [0, 0.05) is 17.6 Å². The minimum atomic E-state index is -3.34. The SMILES string of the molecule is COC(=O)C1=CS(=O)(=O)C(CCCO)C1. The summed E-state index contributed by atoms with van der Waals surface area (Å²) in [6.07, 6.45) is 0.983. The molecule has 1 rings (SSSR count). The molecule has 5 nitrogen and oxygen atoms in total. The molecule has 0 saturated heterocycles. The number of carbonyl (C=O) groups is 1. The maximum absolute atomic E-state index is 11.5. The number of carbonyl (C=O) groups excluding carboxylic acids is 1. The first-order valence-corrected chi connectivity index (χ1v) is 6.26. The number of hydrogen-bond acceptors (Lipinski definition) is 5. The van der Waals surface area contributed by atoms with Crippen molar-refractivity contribution in [3.05, 3.63) is 11.0 Å². The summed E-state index contributed by atoms with van der Waals surface area (Å²) in [5.74, 6) is -0.593. The van der Waals surface area contributed by atoms with Crippen LogP contribution in [-0.4, -0.2) is 38.5 Å². The van der Waals surface area contributed by atoms with E-state index in [-0.39, 0.29) is 18.6 Å². The van der Waals surface area contributed by atoms with Crippen LogP contribution in [0.4, 0.5) is 0 Å². The molecule has 1 heterocycles. The van der Waals surface area contributed by atoms with Crippen LogP contribution in [0.15, 0.2) is 11.0 Å². The molecule has 0 amide bonds. The van der Waals surface area contributed by atoms with Crippen LogP contribution in [0.1, 0.15) is 19.3 Å². The first-order valence-electron chi connectivity index (χ1n) is 4.65. The van der Waals surface area contributed by atoms with Crippen molar-refractivity contribution in [2.24, 2.45) is 0 Å². The molecule has 0 aliphatic carbocycles. The van der Waals surface area contributed by atoms with Gasteiger partial charge in [0.2, 0.25) is 0 Å². The van der Waals surface area contributed by atoms with Crippen LogP contribution in [0.5, 0.6) is 0 Å². The summed E-state index contributed by atoms with van der Waals surface area (Å²) in [7, 11) is -2.12. The second kappa shape index (κ2) is 4.76. The van der Waals surface area contributed by atoms with E-state index in [0.717, 1.165) is 5.41 Å². The Bertz CT molecular complexity index is 368. The maximum atomic E-state index is 11.5. The second-order valence-electron chi connectivity index (χ2n) is 3.42. The molecule has 0 radical (unpaired) electrons. The van der Waals surface area contributed by atoms with Gasteiger partial charge in [-0.25, -0.2) is 13.2 Å². The van der Waals surface area contributed by atoms with Gasteiger partial charge in [-0.05, 0) is 19.3 Å². The standard InChI is InChI=1S/C9H14O5S/c1-14-9(11)7-5-8(3-2-4-10)15(12,13)6-7/h6,8,10H,2-5H2,1H3. The van der Waals surface area contributed by atoms with E-state index in [1.807, 2.05) is 0 Å². The molecule has 1 aliphatic heterocycles. The second-order valence-corrected chi connectivity index (χ2v) is 5.50. The Kier molecular flexibility index (Phi) is 3.87. The van der Waals surface area contributed by atoms with Gasteiger partial charge in [-0.15, -0.1) is 0 Å². The molecular formula is C9H14O5S. The van der Waals surface area contributed by atoms with Crippen molar-refractivity contribution in [2.45, 2.75) is 24.5 Å². The van der Waals surface area contributed by atoms with E-state index in [0.29, 0.717) is 12.8 Å². The third-order valence-corrected chi connectivity index (χ3v) is 4.30. The van der Waals surface area contributed by atoms with Gasteiger partial charge in [-0.3, -0.25) is 0 Å². The van der Waals surface area contributed by atoms with E-state index < -0.39 is 21.1 Å². The largest absolute Gasteiger partial charge is 0.466 e. The van der Waals surface area contributed by atoms with Crippen LogP contribution in [0.25, 0.3) is 0 Å². The van der Waals surface area contributed by atoms with Crippen molar-refractivity contribution in [3.8, 4) is 0 Å². The van der Waals surface area contributed by atoms with E-state index in [1.54, 1.807) is 0 Å². The summed E-state index contributed by atoms with van der Waals surface area (Å²) in [4.78, 5) is 11.1. The number of aliphatic hydroxyl groups excluding tert-OH is 1. The Morgan fingerprint density at radius 2 is 2.33 bits per heavy atom. The Hall–Kier alpha value is -0.880. The Labute approximate surface area is 88.7 Å². The number of ether oxygens (including phenoxy) is 1. The average molecular weight is 234 g/mol. The predicted octanol–water partition coefficient (Wildman–Crippen LogP) is 0.00290. The number of aliphatic hydroxyl groups is 1. The van der Waals surface area contributed by atoms with Crippen molar-refractivity contribution in [1.29, 1.82) is 0 Å². The fourth-order valence-electron chi connectivity index (χ4n) is 1.55. The summed E-state index contributed by atoms with van der Waals surface area (Å²) in [5, 5.41) is 9.02. The lowest BCUT2D eigenvalue weighted by Crippen LogP contribution is -2.15. The van der Waals surface area contributed by atoms with E-state index >= 15 is 0 Å². The summed E-state index contributed by atoms with van der Waals surface area (Å²) in [6.45, 7) is -0.0421. The minimum absolute atomic E-state index is 0.0421. The zero-order chi connectivity index (χ0) is 11.5. The van der Waals surface area contributed by atoms with E-state index in [1.165, 1.54) is 7.11 Å². The summed E-state index contributed by atoms with van der Waals surface area (Å²) in [6, 6.07) is 0. The van der Waals surface area contributed by atoms with Gasteiger partial charge in [0.15, 0.2) is 9.84 Å². The van der Waals surface area contributed by atoms with Crippen LogP contribution >= 0.6 is 0 Å². The summed E-state index contributed by atoms with van der Waals surface area (Å²) < 4.78 is 27.5. The average Bonchev–Trinajstić information content (AvgIpc) is 2.49. The highest BCUT2D eigenvalue weighted by molar-refractivity contribution is 7.95. The Morgan fingerprint density at radius 1 is 1.67 bits per heavy atom. The third-order valence-electron chi connectivity index (χ3n) is 2.35. The van der Waals surface area contributed by atoms with E-state index in [2.05, 4.69) is 4.74 Å². The monoisotopic (exact) mass is 234 g/mol. The molecule has 0 aromatic carbocycles. The fourth-order valence-corrected chi connectivity index (χ4v) is 3.24. The summed E-state index contributed by atoms with van der Waals surface area (Å²) >= 11 is 0. The molecule has 1 N–H and O–H groups in total. The van der Waals surface area contributed by atoms with Crippen LogP contribution in [0.3, 0.4) is 0 Å². The van der Waals surface area contributed by atoms with E-state index in [9.17, 15) is 13.2 Å². The lowest BCUT2D eigenvalue weighted by Gasteiger charge is -2.07. The highest BCUT2D eigenvalue weighted by Crippen LogP contribution is 2.28. The van der Waals surface area contributed by atoms with Gasteiger partial charge in [0.25, 0.3) is 0 Å². The van der Waals surface area contributed by atoms with Gasteiger partial charge in [0.1, 0.15) is 0 Å². The molecule has 0 saturated carbocycles. The number of hydrogen-bond donors (Lipinski definition) is 1. The number of esters is 1. The summed E-state index contributed by atoms with van der Waals surface area (Å²) in [5.41, 5.74) is 0.195. The molecule has 0 aromatic heterocycles.